The number of carbonyl (C=O) groups is 1. The predicted molar refractivity (Wildman–Crippen MR) is 68.9 cm³/mol. The van der Waals surface area contributed by atoms with Crippen molar-refractivity contribution in [2.45, 2.75) is 32.6 Å². The van der Waals surface area contributed by atoms with Crippen molar-refractivity contribution < 1.29 is 13.2 Å². The van der Waals surface area contributed by atoms with Crippen LogP contribution >= 0.6 is 0 Å². The summed E-state index contributed by atoms with van der Waals surface area (Å²) in [5, 5.41) is 0. The van der Waals surface area contributed by atoms with Crippen LogP contribution in [0.2, 0.25) is 0 Å². The normalized spacial score (nSPS) is 20.5. The number of hydrogen-bond donors (Lipinski definition) is 1. The van der Waals surface area contributed by atoms with Gasteiger partial charge in [-0.1, -0.05) is 0 Å². The van der Waals surface area contributed by atoms with E-state index in [0.29, 0.717) is 5.57 Å². The lowest BCUT2D eigenvalue weighted by Crippen LogP contribution is -2.39. The van der Waals surface area contributed by atoms with E-state index in [1.165, 1.54) is 4.31 Å². The van der Waals surface area contributed by atoms with E-state index < -0.39 is 15.9 Å². The molecule has 0 atom stereocenters. The quantitative estimate of drug-likeness (QED) is 0.827. The number of nitrogens with zero attached hydrogens (tertiary/aromatic N) is 1. The maximum absolute atomic E-state index is 12.1. The van der Waals surface area contributed by atoms with Gasteiger partial charge in [0.05, 0.1) is 12.3 Å². The maximum atomic E-state index is 12.1. The lowest BCUT2D eigenvalue weighted by molar-refractivity contribution is -0.114. The second kappa shape index (κ2) is 4.76. The highest BCUT2D eigenvalue weighted by atomic mass is 32.2. The highest BCUT2D eigenvalue weighted by molar-refractivity contribution is 7.89. The number of amides is 1. The van der Waals surface area contributed by atoms with Gasteiger partial charge in [0, 0.05) is 11.3 Å². The fourth-order valence-electron chi connectivity index (χ4n) is 2.43. The Morgan fingerprint density at radius 3 is 2.67 bits per heavy atom. The molecule has 0 saturated carbocycles. The number of allylic oxidation sites excluding steroid dienone is 3. The topological polar surface area (TPSA) is 80.5 Å². The van der Waals surface area contributed by atoms with Gasteiger partial charge in [-0.05, 0) is 44.3 Å². The van der Waals surface area contributed by atoms with Crippen LogP contribution in [0.3, 0.4) is 0 Å². The minimum atomic E-state index is -3.33. The molecule has 0 aromatic heterocycles. The standard InChI is InChI=1S/C12H18N2O3S/c1-2-18(16,17)14-8-10(12(13)15)7-9-5-3-4-6-11(9)14/h7H,2-6,8H2,1H3,(H2,13,15). The van der Waals surface area contributed by atoms with E-state index in [9.17, 15) is 13.2 Å². The van der Waals surface area contributed by atoms with E-state index in [1.54, 1.807) is 13.0 Å². The Morgan fingerprint density at radius 2 is 2.06 bits per heavy atom. The summed E-state index contributed by atoms with van der Waals surface area (Å²) in [6.07, 6.45) is 5.38. The fraction of sp³-hybridized carbons (Fsp3) is 0.583. The minimum Gasteiger partial charge on any atom is -0.366 e. The van der Waals surface area contributed by atoms with E-state index in [0.717, 1.165) is 37.0 Å². The molecule has 0 radical (unpaired) electrons. The van der Waals surface area contributed by atoms with E-state index in [-0.39, 0.29) is 12.3 Å². The summed E-state index contributed by atoms with van der Waals surface area (Å²) in [6.45, 7) is 1.70. The molecule has 6 heteroatoms. The molecule has 2 N–H and O–H groups in total. The first kappa shape index (κ1) is 13.1. The molecule has 5 nitrogen and oxygen atoms in total. The van der Waals surface area contributed by atoms with Gasteiger partial charge < -0.3 is 5.73 Å². The molecule has 0 fully saturated rings. The van der Waals surface area contributed by atoms with Crippen LogP contribution in [-0.4, -0.2) is 30.9 Å². The monoisotopic (exact) mass is 270 g/mol. The Kier molecular flexibility index (Phi) is 3.47. The Hall–Kier alpha value is -1.30. The first-order valence-electron chi connectivity index (χ1n) is 6.18. The third-order valence-corrected chi connectivity index (χ3v) is 5.21. The summed E-state index contributed by atoms with van der Waals surface area (Å²) >= 11 is 0. The molecule has 2 rings (SSSR count). The molecule has 0 bridgehead atoms. The van der Waals surface area contributed by atoms with Crippen LogP contribution < -0.4 is 5.73 Å². The molecule has 0 unspecified atom stereocenters. The Labute approximate surface area is 107 Å². The zero-order valence-electron chi connectivity index (χ0n) is 10.5. The Balaban J connectivity index is 2.47. The van der Waals surface area contributed by atoms with Gasteiger partial charge in [0.15, 0.2) is 0 Å². The summed E-state index contributed by atoms with van der Waals surface area (Å²) in [4.78, 5) is 11.3. The van der Waals surface area contributed by atoms with Crippen LogP contribution in [0.5, 0.6) is 0 Å². The number of nitrogens with two attached hydrogens (primary N) is 1. The molecule has 0 aromatic rings. The van der Waals surface area contributed by atoms with E-state index >= 15 is 0 Å². The van der Waals surface area contributed by atoms with Crippen molar-refractivity contribution in [1.82, 2.24) is 4.31 Å². The van der Waals surface area contributed by atoms with Crippen molar-refractivity contribution in [3.8, 4) is 0 Å². The van der Waals surface area contributed by atoms with E-state index in [2.05, 4.69) is 0 Å². The number of primary amides is 1. The van der Waals surface area contributed by atoms with Gasteiger partial charge in [-0.2, -0.15) is 0 Å². The highest BCUT2D eigenvalue weighted by Gasteiger charge is 2.31. The van der Waals surface area contributed by atoms with Crippen molar-refractivity contribution in [3.63, 3.8) is 0 Å². The third-order valence-electron chi connectivity index (χ3n) is 3.46. The van der Waals surface area contributed by atoms with Crippen molar-refractivity contribution >= 4 is 15.9 Å². The summed E-state index contributed by atoms with van der Waals surface area (Å²) in [6, 6.07) is 0. The molecule has 1 aliphatic carbocycles. The van der Waals surface area contributed by atoms with Gasteiger partial charge in [-0.25, -0.2) is 8.42 Å². The number of hydrogen-bond acceptors (Lipinski definition) is 3. The van der Waals surface area contributed by atoms with Crippen molar-refractivity contribution in [1.29, 1.82) is 0 Å². The summed E-state index contributed by atoms with van der Waals surface area (Å²) in [5.74, 6) is -0.501. The second-order valence-electron chi connectivity index (χ2n) is 4.62. The van der Waals surface area contributed by atoms with E-state index in [1.807, 2.05) is 0 Å². The third kappa shape index (κ3) is 2.29. The molecule has 0 spiro atoms. The zero-order chi connectivity index (χ0) is 13.3. The van der Waals surface area contributed by atoms with Crippen molar-refractivity contribution in [2.24, 2.45) is 5.73 Å². The summed E-state index contributed by atoms with van der Waals surface area (Å²) in [7, 11) is -3.33. The smallest absolute Gasteiger partial charge is 0.246 e. The van der Waals surface area contributed by atoms with Crippen molar-refractivity contribution in [2.75, 3.05) is 12.3 Å². The van der Waals surface area contributed by atoms with Gasteiger partial charge in [0.2, 0.25) is 15.9 Å². The average molecular weight is 270 g/mol. The molecule has 1 amide bonds. The van der Waals surface area contributed by atoms with Crippen LogP contribution in [-0.2, 0) is 14.8 Å². The Bertz CT molecular complexity index is 532. The number of rotatable bonds is 3. The maximum Gasteiger partial charge on any atom is 0.246 e. The van der Waals surface area contributed by atoms with Crippen LogP contribution in [0.15, 0.2) is 22.9 Å². The molecule has 0 saturated heterocycles. The number of carbonyl (C=O) groups excluding carboxylic acids is 1. The second-order valence-corrected chi connectivity index (χ2v) is 6.80. The fourth-order valence-corrected chi connectivity index (χ4v) is 3.62. The van der Waals surface area contributed by atoms with Gasteiger partial charge in [0.1, 0.15) is 0 Å². The molecule has 100 valence electrons. The zero-order valence-corrected chi connectivity index (χ0v) is 11.3. The molecule has 1 aliphatic heterocycles. The molecule has 18 heavy (non-hydrogen) atoms. The van der Waals surface area contributed by atoms with Crippen LogP contribution in [0.1, 0.15) is 32.6 Å². The first-order chi connectivity index (χ1) is 8.45. The Morgan fingerprint density at radius 1 is 1.39 bits per heavy atom. The molecular weight excluding hydrogens is 252 g/mol. The predicted octanol–water partition coefficient (Wildman–Crippen LogP) is 0.891. The lowest BCUT2D eigenvalue weighted by atomic mass is 9.92. The van der Waals surface area contributed by atoms with E-state index in [4.69, 9.17) is 5.73 Å². The van der Waals surface area contributed by atoms with Crippen LogP contribution in [0.4, 0.5) is 0 Å². The molecule has 0 aromatic carbocycles. The van der Waals surface area contributed by atoms with Gasteiger partial charge in [-0.3, -0.25) is 9.10 Å². The molecular formula is C12H18N2O3S. The summed E-state index contributed by atoms with van der Waals surface area (Å²) < 4.78 is 25.6. The van der Waals surface area contributed by atoms with Crippen molar-refractivity contribution in [3.05, 3.63) is 22.9 Å². The SMILES string of the molecule is CCS(=O)(=O)N1CC(C(N)=O)=CC2=C1CCCC2. The first-order valence-corrected chi connectivity index (χ1v) is 7.79. The van der Waals surface area contributed by atoms with Crippen LogP contribution in [0, 0.1) is 0 Å². The average Bonchev–Trinajstić information content (AvgIpc) is 2.37. The van der Waals surface area contributed by atoms with Gasteiger partial charge >= 0.3 is 0 Å². The molecule has 2 aliphatic rings. The van der Waals surface area contributed by atoms with Gasteiger partial charge in [0.25, 0.3) is 0 Å². The largest absolute Gasteiger partial charge is 0.366 e. The molecule has 1 heterocycles. The minimum absolute atomic E-state index is 0.0375. The van der Waals surface area contributed by atoms with Gasteiger partial charge in [-0.15, -0.1) is 0 Å². The summed E-state index contributed by atoms with van der Waals surface area (Å²) in [5.41, 5.74) is 7.48. The highest BCUT2D eigenvalue weighted by Crippen LogP contribution is 2.34. The number of sulfonamides is 1. The lowest BCUT2D eigenvalue weighted by Gasteiger charge is -2.34. The van der Waals surface area contributed by atoms with Crippen LogP contribution in [0.25, 0.3) is 0 Å².